The second-order valence-electron chi connectivity index (χ2n) is 7.40. The number of nitrogens with zero attached hydrogens (tertiary/aromatic N) is 5. The van der Waals surface area contributed by atoms with E-state index in [1.165, 1.54) is 0 Å². The SMILES string of the molecule is N#C[C@H]1CN(c2ccccc2)[C@]23CCCC[C@]12N=[N+](c1ccccc1)[N-]3. The third-order valence-electron chi connectivity index (χ3n) is 6.16. The first kappa shape index (κ1) is 15.4. The molecule has 26 heavy (non-hydrogen) atoms. The Balaban J connectivity index is 1.67. The highest BCUT2D eigenvalue weighted by atomic mass is 15.7. The molecule has 3 atom stereocenters. The van der Waals surface area contributed by atoms with Gasteiger partial charge in [0.25, 0.3) is 0 Å². The van der Waals surface area contributed by atoms with Crippen molar-refractivity contribution in [3.05, 3.63) is 66.1 Å². The lowest BCUT2D eigenvalue weighted by atomic mass is 9.69. The largest absolute Gasteiger partial charge is 0.359 e. The third-order valence-corrected chi connectivity index (χ3v) is 6.16. The van der Waals surface area contributed by atoms with Crippen molar-refractivity contribution in [2.75, 3.05) is 11.4 Å². The summed E-state index contributed by atoms with van der Waals surface area (Å²) in [7, 11) is 0. The molecule has 0 unspecified atom stereocenters. The van der Waals surface area contributed by atoms with Crippen molar-refractivity contribution in [3.8, 4) is 6.07 Å². The fraction of sp³-hybridized carbons (Fsp3) is 0.381. The molecule has 5 heteroatoms. The molecule has 5 nitrogen and oxygen atoms in total. The maximum Gasteiger partial charge on any atom is 0.225 e. The van der Waals surface area contributed by atoms with Gasteiger partial charge in [-0.25, -0.2) is 5.11 Å². The molecule has 1 aliphatic carbocycles. The number of benzene rings is 2. The highest BCUT2D eigenvalue weighted by Crippen LogP contribution is 2.61. The first-order valence-corrected chi connectivity index (χ1v) is 9.32. The zero-order chi connectivity index (χ0) is 17.6. The standard InChI is InChI=1S/C21H21N5/c22-15-17-16-25(18-9-3-1-4-10-18)21-14-8-7-13-20(17,21)23-26(24-21)19-11-5-2-6-12-19/h1-6,9-12,17H,7-8,13-14,16H2/t17-,20-,21+/m0/s1. The molecule has 3 aliphatic rings. The maximum absolute atomic E-state index is 9.97. The van der Waals surface area contributed by atoms with Crippen LogP contribution in [0.25, 0.3) is 5.43 Å². The number of hydrogen-bond acceptors (Lipinski definition) is 3. The van der Waals surface area contributed by atoms with Crippen molar-refractivity contribution >= 4 is 11.4 Å². The van der Waals surface area contributed by atoms with Gasteiger partial charge in [0.1, 0.15) is 5.66 Å². The number of anilines is 1. The number of rotatable bonds is 2. The third kappa shape index (κ3) is 1.90. The van der Waals surface area contributed by atoms with Crippen molar-refractivity contribution in [1.29, 1.82) is 5.26 Å². The molecule has 2 aromatic carbocycles. The van der Waals surface area contributed by atoms with Gasteiger partial charge in [-0.05, 0) is 25.0 Å². The summed E-state index contributed by atoms with van der Waals surface area (Å²) in [5.74, 6) is -0.152. The lowest BCUT2D eigenvalue weighted by Crippen LogP contribution is -2.57. The highest BCUT2D eigenvalue weighted by molar-refractivity contribution is 5.57. The van der Waals surface area contributed by atoms with E-state index in [2.05, 4.69) is 35.2 Å². The van der Waals surface area contributed by atoms with Crippen molar-refractivity contribution in [2.45, 2.75) is 36.9 Å². The minimum absolute atomic E-state index is 0.152. The zero-order valence-corrected chi connectivity index (χ0v) is 14.6. The molecule has 0 bridgehead atoms. The highest BCUT2D eigenvalue weighted by Gasteiger charge is 2.67. The fourth-order valence-electron chi connectivity index (χ4n) is 4.98. The summed E-state index contributed by atoms with van der Waals surface area (Å²) in [4.78, 5) is 4.14. The van der Waals surface area contributed by atoms with Gasteiger partial charge in [-0.15, -0.1) is 4.81 Å². The minimum atomic E-state index is -0.456. The lowest BCUT2D eigenvalue weighted by molar-refractivity contribution is -0.457. The fourth-order valence-corrected chi connectivity index (χ4v) is 4.98. The quantitative estimate of drug-likeness (QED) is 0.739. The molecule has 0 N–H and O–H groups in total. The van der Waals surface area contributed by atoms with Crippen molar-refractivity contribution in [3.63, 3.8) is 0 Å². The van der Waals surface area contributed by atoms with Crippen molar-refractivity contribution in [1.82, 2.24) is 0 Å². The van der Waals surface area contributed by atoms with Gasteiger partial charge in [-0.3, -0.25) is 0 Å². The molecule has 0 amide bonds. The van der Waals surface area contributed by atoms with Gasteiger partial charge >= 0.3 is 0 Å². The van der Waals surface area contributed by atoms with E-state index < -0.39 is 11.2 Å². The Morgan fingerprint density at radius 3 is 2.46 bits per heavy atom. The molecular weight excluding hydrogens is 322 g/mol. The Bertz CT molecular complexity index is 888. The summed E-state index contributed by atoms with van der Waals surface area (Å²) < 4.78 is 0. The lowest BCUT2D eigenvalue weighted by Gasteiger charge is -2.49. The summed E-state index contributed by atoms with van der Waals surface area (Å²) in [6, 6.07) is 23.0. The first-order valence-electron chi connectivity index (χ1n) is 9.32. The van der Waals surface area contributed by atoms with Gasteiger partial charge in [0.05, 0.1) is 17.5 Å². The molecule has 5 rings (SSSR count). The average Bonchev–Trinajstić information content (AvgIpc) is 3.20. The first-order chi connectivity index (χ1) is 12.8. The van der Waals surface area contributed by atoms with E-state index in [4.69, 9.17) is 10.5 Å². The van der Waals surface area contributed by atoms with Crippen LogP contribution in [0.2, 0.25) is 0 Å². The van der Waals surface area contributed by atoms with E-state index in [1.54, 1.807) is 4.81 Å². The Labute approximate surface area is 153 Å². The van der Waals surface area contributed by atoms with Crippen LogP contribution < -0.4 is 4.90 Å². The molecule has 0 radical (unpaired) electrons. The van der Waals surface area contributed by atoms with Crippen LogP contribution in [0.15, 0.2) is 65.8 Å². The second kappa shape index (κ2) is 5.57. The van der Waals surface area contributed by atoms with Crippen LogP contribution in [0, 0.1) is 17.2 Å². The predicted octanol–water partition coefficient (Wildman–Crippen LogP) is 4.75. The monoisotopic (exact) mass is 343 g/mol. The second-order valence-corrected chi connectivity index (χ2v) is 7.40. The molecule has 1 saturated carbocycles. The normalized spacial score (nSPS) is 32.2. The average molecular weight is 343 g/mol. The number of azo groups is 1. The summed E-state index contributed by atoms with van der Waals surface area (Å²) >= 11 is 0. The van der Waals surface area contributed by atoms with Gasteiger partial charge in [-0.1, -0.05) is 49.2 Å². The molecule has 1 saturated heterocycles. The van der Waals surface area contributed by atoms with E-state index in [9.17, 15) is 5.26 Å². The summed E-state index contributed by atoms with van der Waals surface area (Å²) in [5, 5.41) is 15.1. The van der Waals surface area contributed by atoms with Crippen LogP contribution in [0.5, 0.6) is 0 Å². The van der Waals surface area contributed by atoms with E-state index in [0.29, 0.717) is 6.54 Å². The maximum atomic E-state index is 9.97. The molecule has 130 valence electrons. The van der Waals surface area contributed by atoms with Crippen LogP contribution in [0.3, 0.4) is 0 Å². The van der Waals surface area contributed by atoms with Gasteiger partial charge in [0, 0.05) is 24.4 Å². The Hall–Kier alpha value is -2.87. The smallest absolute Gasteiger partial charge is 0.225 e. The van der Waals surface area contributed by atoms with Crippen molar-refractivity contribution < 1.29 is 4.81 Å². The number of hydrogen-bond donors (Lipinski definition) is 0. The van der Waals surface area contributed by atoms with E-state index in [0.717, 1.165) is 37.1 Å². The Morgan fingerprint density at radius 2 is 1.73 bits per heavy atom. The topological polar surface area (TPSA) is 56.5 Å². The van der Waals surface area contributed by atoms with Crippen LogP contribution in [-0.4, -0.2) is 22.6 Å². The molecule has 0 aromatic heterocycles. The van der Waals surface area contributed by atoms with Crippen molar-refractivity contribution in [2.24, 2.45) is 11.0 Å². The van der Waals surface area contributed by atoms with E-state index in [1.807, 2.05) is 36.4 Å². The molecule has 2 heterocycles. The van der Waals surface area contributed by atoms with Crippen LogP contribution in [0.1, 0.15) is 25.7 Å². The Morgan fingerprint density at radius 1 is 1.04 bits per heavy atom. The number of nitriles is 1. The molecule has 2 aromatic rings. The number of para-hydroxylation sites is 2. The van der Waals surface area contributed by atoms with E-state index in [-0.39, 0.29) is 5.92 Å². The van der Waals surface area contributed by atoms with Gasteiger partial charge in [0.15, 0.2) is 0 Å². The zero-order valence-electron chi connectivity index (χ0n) is 14.6. The summed E-state index contributed by atoms with van der Waals surface area (Å²) in [6.07, 6.45) is 4.07. The molecular formula is C21H21N5. The van der Waals surface area contributed by atoms with Crippen LogP contribution in [0.4, 0.5) is 11.4 Å². The Kier molecular flexibility index (Phi) is 3.30. The van der Waals surface area contributed by atoms with E-state index >= 15 is 0 Å². The van der Waals surface area contributed by atoms with Gasteiger partial charge in [-0.2, -0.15) is 10.7 Å². The van der Waals surface area contributed by atoms with Gasteiger partial charge < -0.3 is 4.90 Å². The van der Waals surface area contributed by atoms with Crippen LogP contribution in [-0.2, 0) is 0 Å². The van der Waals surface area contributed by atoms with Crippen LogP contribution >= 0.6 is 0 Å². The summed E-state index contributed by atoms with van der Waals surface area (Å²) in [5.41, 5.74) is 6.35. The van der Waals surface area contributed by atoms with Gasteiger partial charge in [0.2, 0.25) is 5.69 Å². The predicted molar refractivity (Wildman–Crippen MR) is 99.0 cm³/mol. The minimum Gasteiger partial charge on any atom is -0.359 e. The molecule has 2 aliphatic heterocycles. The molecule has 0 spiro atoms. The molecule has 2 fully saturated rings. The summed E-state index contributed by atoms with van der Waals surface area (Å²) in [6.45, 7) is 0.691.